The molecule has 2 saturated carbocycles. The van der Waals surface area contributed by atoms with Crippen LogP contribution in [0.15, 0.2) is 0 Å². The van der Waals surface area contributed by atoms with Gasteiger partial charge in [0.15, 0.2) is 0 Å². The first-order chi connectivity index (χ1) is 10.0. The number of nitrogens with one attached hydrogen (secondary N) is 1. The van der Waals surface area contributed by atoms with Crippen LogP contribution in [-0.2, 0) is 9.59 Å². The van der Waals surface area contributed by atoms with E-state index in [0.717, 1.165) is 25.7 Å². The van der Waals surface area contributed by atoms with Gasteiger partial charge in [-0.2, -0.15) is 0 Å². The van der Waals surface area contributed by atoms with Crippen molar-refractivity contribution in [3.63, 3.8) is 0 Å². The van der Waals surface area contributed by atoms with E-state index in [0.29, 0.717) is 37.6 Å². The van der Waals surface area contributed by atoms with Crippen molar-refractivity contribution in [1.82, 2.24) is 5.32 Å². The standard InChI is InChI=1S/C17H29NO3/c1-13-7-9-17(10-8-13,16(20)21)12-18-15(19)11-14-5-3-2-4-6-14/h13-14H,2-12H2,1H3,(H,18,19)(H,20,21). The molecule has 2 fully saturated rings. The third-order valence-corrected chi connectivity index (χ3v) is 5.51. The molecule has 0 aromatic rings. The number of amides is 1. The SMILES string of the molecule is CC1CCC(CNC(=O)CC2CCCCC2)(C(=O)O)CC1. The molecule has 21 heavy (non-hydrogen) atoms. The first-order valence-electron chi connectivity index (χ1n) is 8.52. The minimum Gasteiger partial charge on any atom is -0.481 e. The molecule has 0 aromatic carbocycles. The van der Waals surface area contributed by atoms with Gasteiger partial charge in [0.1, 0.15) is 0 Å². The fraction of sp³-hybridized carbons (Fsp3) is 0.882. The van der Waals surface area contributed by atoms with Crippen molar-refractivity contribution in [2.75, 3.05) is 6.54 Å². The van der Waals surface area contributed by atoms with Crippen LogP contribution >= 0.6 is 0 Å². The molecule has 2 rings (SSSR count). The van der Waals surface area contributed by atoms with Gasteiger partial charge in [-0.05, 0) is 50.4 Å². The zero-order chi connectivity index (χ0) is 15.3. The van der Waals surface area contributed by atoms with Gasteiger partial charge in [-0.1, -0.05) is 26.2 Å². The van der Waals surface area contributed by atoms with Crippen molar-refractivity contribution >= 4 is 11.9 Å². The van der Waals surface area contributed by atoms with Crippen LogP contribution in [0.25, 0.3) is 0 Å². The van der Waals surface area contributed by atoms with E-state index in [9.17, 15) is 14.7 Å². The van der Waals surface area contributed by atoms with Crippen molar-refractivity contribution in [3.05, 3.63) is 0 Å². The molecule has 0 radical (unpaired) electrons. The number of hydrogen-bond donors (Lipinski definition) is 2. The number of carboxylic acid groups (broad SMARTS) is 1. The van der Waals surface area contributed by atoms with E-state index in [-0.39, 0.29) is 5.91 Å². The fourth-order valence-electron chi connectivity index (χ4n) is 3.77. The smallest absolute Gasteiger partial charge is 0.311 e. The Bertz CT molecular complexity index is 366. The fourth-order valence-corrected chi connectivity index (χ4v) is 3.77. The Morgan fingerprint density at radius 3 is 2.29 bits per heavy atom. The van der Waals surface area contributed by atoms with Gasteiger partial charge >= 0.3 is 5.97 Å². The second-order valence-corrected chi connectivity index (χ2v) is 7.25. The average molecular weight is 295 g/mol. The van der Waals surface area contributed by atoms with E-state index in [1.165, 1.54) is 19.3 Å². The number of carbonyl (C=O) groups is 2. The van der Waals surface area contributed by atoms with Crippen LogP contribution in [0.1, 0.15) is 71.1 Å². The minimum atomic E-state index is -0.743. The third kappa shape index (κ3) is 4.45. The van der Waals surface area contributed by atoms with Crippen LogP contribution in [0.4, 0.5) is 0 Å². The molecule has 0 aromatic heterocycles. The largest absolute Gasteiger partial charge is 0.481 e. The van der Waals surface area contributed by atoms with Gasteiger partial charge in [-0.25, -0.2) is 0 Å². The highest BCUT2D eigenvalue weighted by atomic mass is 16.4. The molecule has 2 N–H and O–H groups in total. The summed E-state index contributed by atoms with van der Waals surface area (Å²) in [6.07, 6.45) is 9.90. The maximum atomic E-state index is 12.1. The number of hydrogen-bond acceptors (Lipinski definition) is 2. The summed E-state index contributed by atoms with van der Waals surface area (Å²) < 4.78 is 0. The topological polar surface area (TPSA) is 66.4 Å². The summed E-state index contributed by atoms with van der Waals surface area (Å²) in [5.74, 6) is 0.412. The summed E-state index contributed by atoms with van der Waals surface area (Å²) in [4.78, 5) is 23.7. The van der Waals surface area contributed by atoms with Gasteiger partial charge in [0.05, 0.1) is 5.41 Å². The van der Waals surface area contributed by atoms with Gasteiger partial charge in [-0.15, -0.1) is 0 Å². The van der Waals surface area contributed by atoms with Gasteiger partial charge < -0.3 is 10.4 Å². The Labute approximate surface area is 127 Å². The quantitative estimate of drug-likeness (QED) is 0.817. The molecule has 0 heterocycles. The molecule has 2 aliphatic carbocycles. The molecule has 4 nitrogen and oxygen atoms in total. The van der Waals surface area contributed by atoms with Crippen LogP contribution in [-0.4, -0.2) is 23.5 Å². The Hall–Kier alpha value is -1.06. The summed E-state index contributed by atoms with van der Waals surface area (Å²) in [6.45, 7) is 2.48. The van der Waals surface area contributed by atoms with Gasteiger partial charge in [-0.3, -0.25) is 9.59 Å². The third-order valence-electron chi connectivity index (χ3n) is 5.51. The van der Waals surface area contributed by atoms with Crippen molar-refractivity contribution in [2.45, 2.75) is 71.1 Å². The maximum absolute atomic E-state index is 12.1. The summed E-state index contributed by atoms with van der Waals surface area (Å²) in [6, 6.07) is 0. The molecular formula is C17H29NO3. The number of carboxylic acids is 1. The molecule has 0 spiro atoms. The zero-order valence-electron chi connectivity index (χ0n) is 13.2. The average Bonchev–Trinajstić information content (AvgIpc) is 2.48. The van der Waals surface area contributed by atoms with Crippen LogP contribution in [0.5, 0.6) is 0 Å². The highest BCUT2D eigenvalue weighted by molar-refractivity contribution is 5.79. The predicted molar refractivity (Wildman–Crippen MR) is 81.9 cm³/mol. The van der Waals surface area contributed by atoms with Crippen LogP contribution in [0.2, 0.25) is 0 Å². The Kier molecular flexibility index (Phi) is 5.65. The molecule has 4 heteroatoms. The molecular weight excluding hydrogens is 266 g/mol. The summed E-state index contributed by atoms with van der Waals surface area (Å²) in [7, 11) is 0. The van der Waals surface area contributed by atoms with Gasteiger partial charge in [0, 0.05) is 13.0 Å². The molecule has 0 saturated heterocycles. The Morgan fingerprint density at radius 1 is 1.10 bits per heavy atom. The molecule has 120 valence electrons. The lowest BCUT2D eigenvalue weighted by molar-refractivity contribution is -0.151. The Balaban J connectivity index is 1.81. The van der Waals surface area contributed by atoms with Crippen molar-refractivity contribution in [1.29, 1.82) is 0 Å². The molecule has 0 atom stereocenters. The molecule has 0 aliphatic heterocycles. The predicted octanol–water partition coefficient (Wildman–Crippen LogP) is 3.35. The van der Waals surface area contributed by atoms with E-state index in [4.69, 9.17) is 0 Å². The number of rotatable bonds is 5. The van der Waals surface area contributed by atoms with E-state index in [1.54, 1.807) is 0 Å². The van der Waals surface area contributed by atoms with E-state index >= 15 is 0 Å². The number of aliphatic carboxylic acids is 1. The maximum Gasteiger partial charge on any atom is 0.311 e. The highest BCUT2D eigenvalue weighted by Gasteiger charge is 2.41. The minimum absolute atomic E-state index is 0.0427. The molecule has 0 bridgehead atoms. The van der Waals surface area contributed by atoms with Crippen molar-refractivity contribution in [3.8, 4) is 0 Å². The second kappa shape index (κ2) is 7.28. The van der Waals surface area contributed by atoms with E-state index in [1.807, 2.05) is 0 Å². The van der Waals surface area contributed by atoms with E-state index < -0.39 is 11.4 Å². The van der Waals surface area contributed by atoms with Crippen LogP contribution in [0, 0.1) is 17.3 Å². The first-order valence-corrected chi connectivity index (χ1v) is 8.52. The molecule has 2 aliphatic rings. The molecule has 1 amide bonds. The normalized spacial score (nSPS) is 30.8. The number of carbonyl (C=O) groups excluding carboxylic acids is 1. The Morgan fingerprint density at radius 2 is 1.71 bits per heavy atom. The van der Waals surface area contributed by atoms with Gasteiger partial charge in [0.2, 0.25) is 5.91 Å². The summed E-state index contributed by atoms with van der Waals surface area (Å²) in [5.41, 5.74) is -0.727. The lowest BCUT2D eigenvalue weighted by atomic mass is 9.70. The van der Waals surface area contributed by atoms with Crippen LogP contribution in [0.3, 0.4) is 0 Å². The summed E-state index contributed by atoms with van der Waals surface area (Å²) >= 11 is 0. The summed E-state index contributed by atoms with van der Waals surface area (Å²) in [5, 5.41) is 12.5. The lowest BCUT2D eigenvalue weighted by Gasteiger charge is -2.36. The van der Waals surface area contributed by atoms with Crippen molar-refractivity contribution < 1.29 is 14.7 Å². The monoisotopic (exact) mass is 295 g/mol. The molecule has 0 unspecified atom stereocenters. The second-order valence-electron chi connectivity index (χ2n) is 7.25. The lowest BCUT2D eigenvalue weighted by Crippen LogP contribution is -2.45. The van der Waals surface area contributed by atoms with Crippen molar-refractivity contribution in [2.24, 2.45) is 17.3 Å². The first kappa shape index (κ1) is 16.3. The van der Waals surface area contributed by atoms with E-state index in [2.05, 4.69) is 12.2 Å². The van der Waals surface area contributed by atoms with Gasteiger partial charge in [0.25, 0.3) is 0 Å². The highest BCUT2D eigenvalue weighted by Crippen LogP contribution is 2.38. The van der Waals surface area contributed by atoms with Crippen LogP contribution < -0.4 is 5.32 Å². The zero-order valence-corrected chi connectivity index (χ0v) is 13.2.